The lowest BCUT2D eigenvalue weighted by Gasteiger charge is -2.18. The molecule has 3 rings (SSSR count). The highest BCUT2D eigenvalue weighted by Crippen LogP contribution is 2.32. The number of anilines is 2. The van der Waals surface area contributed by atoms with Gasteiger partial charge in [0.2, 0.25) is 0 Å². The minimum absolute atomic E-state index is 0.0271. The van der Waals surface area contributed by atoms with Crippen LogP contribution in [0.3, 0.4) is 0 Å². The molecule has 2 heterocycles. The number of rotatable bonds is 5. The van der Waals surface area contributed by atoms with Gasteiger partial charge in [-0.3, -0.25) is 19.1 Å². The minimum Gasteiger partial charge on any atom is -0.454 e. The van der Waals surface area contributed by atoms with Crippen LogP contribution in [0.5, 0.6) is 11.5 Å². The van der Waals surface area contributed by atoms with Gasteiger partial charge < -0.3 is 15.8 Å². The predicted octanol–water partition coefficient (Wildman–Crippen LogP) is 4.20. The summed E-state index contributed by atoms with van der Waals surface area (Å²) in [5.74, 6) is -1.01. The summed E-state index contributed by atoms with van der Waals surface area (Å²) in [4.78, 5) is 28.7. The first-order valence-corrected chi connectivity index (χ1v) is 9.44. The number of carbonyl (C=O) groups excluding carboxylic acids is 1. The molecule has 0 radical (unpaired) electrons. The van der Waals surface area contributed by atoms with Crippen LogP contribution in [0, 0.1) is 19.7 Å². The Morgan fingerprint density at radius 3 is 2.47 bits per heavy atom. The number of primary amides is 1. The third-order valence-electron chi connectivity index (χ3n) is 4.21. The van der Waals surface area contributed by atoms with E-state index in [9.17, 15) is 14.0 Å². The number of hydrogen-bond donors (Lipinski definition) is 2. The summed E-state index contributed by atoms with van der Waals surface area (Å²) in [5.41, 5.74) is 6.41. The zero-order valence-electron chi connectivity index (χ0n) is 17.6. The van der Waals surface area contributed by atoms with Gasteiger partial charge in [0.25, 0.3) is 11.5 Å². The fourth-order valence-electron chi connectivity index (χ4n) is 2.69. The van der Waals surface area contributed by atoms with Crippen molar-refractivity contribution in [2.45, 2.75) is 27.7 Å². The zero-order valence-corrected chi connectivity index (χ0v) is 17.6. The summed E-state index contributed by atoms with van der Waals surface area (Å²) in [5, 5.41) is 2.79. The summed E-state index contributed by atoms with van der Waals surface area (Å²) < 4.78 is 21.2. The number of benzene rings is 1. The topological polar surface area (TPSA) is 99.2 Å². The number of amides is 1. The van der Waals surface area contributed by atoms with Crippen molar-refractivity contribution in [2.75, 3.05) is 5.32 Å². The van der Waals surface area contributed by atoms with Gasteiger partial charge in [0, 0.05) is 19.3 Å². The van der Waals surface area contributed by atoms with Crippen molar-refractivity contribution in [3.63, 3.8) is 0 Å². The molecule has 0 spiro atoms. The Labute approximate surface area is 174 Å². The molecule has 0 saturated heterocycles. The Morgan fingerprint density at radius 2 is 1.87 bits per heavy atom. The Balaban J connectivity index is 0.00000155. The van der Waals surface area contributed by atoms with Crippen molar-refractivity contribution in [2.24, 2.45) is 12.8 Å². The van der Waals surface area contributed by atoms with Crippen LogP contribution in [0.4, 0.5) is 15.9 Å². The smallest absolute Gasteiger partial charge is 0.256 e. The molecular weight excluding hydrogens is 387 g/mol. The van der Waals surface area contributed by atoms with Gasteiger partial charge in [-0.1, -0.05) is 19.9 Å². The molecule has 0 aliphatic heterocycles. The highest BCUT2D eigenvalue weighted by atomic mass is 19.1. The molecule has 0 atom stereocenters. The highest BCUT2D eigenvalue weighted by Gasteiger charge is 2.22. The molecule has 3 aromatic rings. The fraction of sp³-hybridized carbons (Fsp3) is 0.227. The molecule has 8 heteroatoms. The SMILES string of the molecule is CC.Cc1ccc(Nc2c(C(N)=O)c(Oc3cccnc3C)cc(=O)n2C)c(F)c1. The first kappa shape index (κ1) is 22.6. The maximum absolute atomic E-state index is 14.3. The first-order valence-electron chi connectivity index (χ1n) is 9.44. The summed E-state index contributed by atoms with van der Waals surface area (Å²) in [6.07, 6.45) is 1.59. The average Bonchev–Trinajstić information content (AvgIpc) is 2.70. The molecule has 0 saturated carbocycles. The summed E-state index contributed by atoms with van der Waals surface area (Å²) >= 11 is 0. The van der Waals surface area contributed by atoms with Crippen molar-refractivity contribution in [1.29, 1.82) is 0 Å². The number of nitrogens with one attached hydrogen (secondary N) is 1. The highest BCUT2D eigenvalue weighted by molar-refractivity contribution is 6.01. The maximum Gasteiger partial charge on any atom is 0.256 e. The van der Waals surface area contributed by atoms with E-state index in [0.29, 0.717) is 11.4 Å². The van der Waals surface area contributed by atoms with Crippen LogP contribution < -0.4 is 21.3 Å². The van der Waals surface area contributed by atoms with Crippen LogP contribution in [0.15, 0.2) is 47.4 Å². The van der Waals surface area contributed by atoms with E-state index in [0.717, 1.165) is 11.6 Å². The van der Waals surface area contributed by atoms with E-state index in [1.807, 2.05) is 13.8 Å². The van der Waals surface area contributed by atoms with Gasteiger partial charge in [-0.05, 0) is 43.7 Å². The molecule has 2 aromatic heterocycles. The standard InChI is InChI=1S/C20H19FN4O3.C2H6/c1-11-6-7-14(13(21)9-11)24-20-18(19(22)27)16(10-17(26)25(20)3)28-15-5-4-8-23-12(15)2;1-2/h4-10,24H,1-3H3,(H2,22,27);1-2H3. The van der Waals surface area contributed by atoms with Crippen LogP contribution in [0.1, 0.15) is 35.5 Å². The zero-order chi connectivity index (χ0) is 22.4. The number of nitrogens with two attached hydrogens (primary N) is 1. The Morgan fingerprint density at radius 1 is 1.17 bits per heavy atom. The van der Waals surface area contributed by atoms with Crippen molar-refractivity contribution in [3.05, 3.63) is 75.6 Å². The molecule has 0 bridgehead atoms. The van der Waals surface area contributed by atoms with E-state index in [4.69, 9.17) is 10.5 Å². The van der Waals surface area contributed by atoms with E-state index in [1.165, 1.54) is 23.7 Å². The van der Waals surface area contributed by atoms with Gasteiger partial charge in [0.1, 0.15) is 28.7 Å². The van der Waals surface area contributed by atoms with Gasteiger partial charge >= 0.3 is 0 Å². The molecule has 1 amide bonds. The number of nitrogens with zero attached hydrogens (tertiary/aromatic N) is 2. The van der Waals surface area contributed by atoms with E-state index in [1.54, 1.807) is 38.2 Å². The van der Waals surface area contributed by atoms with Gasteiger partial charge in [0.15, 0.2) is 0 Å². The third-order valence-corrected chi connectivity index (χ3v) is 4.21. The first-order chi connectivity index (χ1) is 14.3. The number of ether oxygens (including phenoxy) is 1. The van der Waals surface area contributed by atoms with Gasteiger partial charge in [-0.25, -0.2) is 4.39 Å². The van der Waals surface area contributed by atoms with Crippen LogP contribution in [-0.2, 0) is 7.05 Å². The lowest BCUT2D eigenvalue weighted by Crippen LogP contribution is -2.25. The second-order valence-electron chi connectivity index (χ2n) is 6.29. The van der Waals surface area contributed by atoms with Gasteiger partial charge in [0.05, 0.1) is 11.4 Å². The second-order valence-corrected chi connectivity index (χ2v) is 6.29. The lowest BCUT2D eigenvalue weighted by atomic mass is 10.1. The van der Waals surface area contributed by atoms with Gasteiger partial charge in [-0.2, -0.15) is 0 Å². The molecule has 0 aliphatic carbocycles. The average molecular weight is 412 g/mol. The van der Waals surface area contributed by atoms with Crippen molar-refractivity contribution >= 4 is 17.4 Å². The number of hydrogen-bond acceptors (Lipinski definition) is 5. The largest absolute Gasteiger partial charge is 0.454 e. The van der Waals surface area contributed by atoms with E-state index < -0.39 is 17.3 Å². The van der Waals surface area contributed by atoms with Crippen LogP contribution >= 0.6 is 0 Å². The molecule has 7 nitrogen and oxygen atoms in total. The summed E-state index contributed by atoms with van der Waals surface area (Å²) in [6.45, 7) is 7.48. The van der Waals surface area contributed by atoms with Gasteiger partial charge in [-0.15, -0.1) is 0 Å². The van der Waals surface area contributed by atoms with Crippen LogP contribution in [-0.4, -0.2) is 15.5 Å². The Kier molecular flexibility index (Phi) is 7.30. The Hall–Kier alpha value is -3.68. The molecule has 158 valence electrons. The normalized spacial score (nSPS) is 10.1. The predicted molar refractivity (Wildman–Crippen MR) is 115 cm³/mol. The van der Waals surface area contributed by atoms with Crippen LogP contribution in [0.2, 0.25) is 0 Å². The Bertz CT molecular complexity index is 1130. The molecule has 3 N–H and O–H groups in total. The molecule has 0 unspecified atom stereocenters. The number of halogens is 1. The maximum atomic E-state index is 14.3. The lowest BCUT2D eigenvalue weighted by molar-refractivity contribution is 0.0998. The number of carbonyl (C=O) groups is 1. The number of pyridine rings is 2. The molecule has 0 fully saturated rings. The van der Waals surface area contributed by atoms with Crippen molar-refractivity contribution < 1.29 is 13.9 Å². The monoisotopic (exact) mass is 412 g/mol. The molecule has 0 aliphatic rings. The second kappa shape index (κ2) is 9.69. The molecule has 1 aromatic carbocycles. The number of aromatic nitrogens is 2. The minimum atomic E-state index is -0.831. The fourth-order valence-corrected chi connectivity index (χ4v) is 2.69. The van der Waals surface area contributed by atoms with E-state index in [2.05, 4.69) is 10.3 Å². The number of aryl methyl sites for hydroxylation is 2. The summed E-state index contributed by atoms with van der Waals surface area (Å²) in [7, 11) is 1.45. The van der Waals surface area contributed by atoms with Crippen molar-refractivity contribution in [3.8, 4) is 11.5 Å². The van der Waals surface area contributed by atoms with E-state index in [-0.39, 0.29) is 22.8 Å². The van der Waals surface area contributed by atoms with E-state index >= 15 is 0 Å². The quantitative estimate of drug-likeness (QED) is 0.654. The van der Waals surface area contributed by atoms with Crippen LogP contribution in [0.25, 0.3) is 0 Å². The third kappa shape index (κ3) is 4.83. The molecular formula is C22H25FN4O3. The summed E-state index contributed by atoms with van der Waals surface area (Å²) in [6, 6.07) is 9.02. The molecule has 30 heavy (non-hydrogen) atoms. The van der Waals surface area contributed by atoms with Crippen molar-refractivity contribution in [1.82, 2.24) is 9.55 Å².